The number of para-hydroxylation sites is 1. The number of ether oxygens (including phenoxy) is 3. The molecular weight excluding hydrogens is 371 g/mol. The first-order valence-corrected chi connectivity index (χ1v) is 9.15. The summed E-state index contributed by atoms with van der Waals surface area (Å²) in [5.41, 5.74) is 2.45. The molecule has 1 aliphatic heterocycles. The van der Waals surface area contributed by atoms with Crippen molar-refractivity contribution in [2.75, 3.05) is 7.11 Å². The maximum absolute atomic E-state index is 13.8. The van der Waals surface area contributed by atoms with E-state index in [-0.39, 0.29) is 24.0 Å². The molecule has 1 heterocycles. The number of carbonyl (C=O) groups excluding carboxylic acids is 1. The summed E-state index contributed by atoms with van der Waals surface area (Å²) in [5.74, 6) is 1.30. The fourth-order valence-electron chi connectivity index (χ4n) is 3.26. The van der Waals surface area contributed by atoms with Gasteiger partial charge in [-0.05, 0) is 36.8 Å². The highest BCUT2D eigenvalue weighted by Crippen LogP contribution is 2.38. The van der Waals surface area contributed by atoms with Gasteiger partial charge in [-0.15, -0.1) is 0 Å². The van der Waals surface area contributed by atoms with Gasteiger partial charge < -0.3 is 14.2 Å². The lowest BCUT2D eigenvalue weighted by Gasteiger charge is -2.09. The van der Waals surface area contributed by atoms with Crippen molar-refractivity contribution in [2.45, 2.75) is 13.5 Å². The monoisotopic (exact) mass is 390 g/mol. The van der Waals surface area contributed by atoms with Gasteiger partial charge in [0.05, 0.1) is 12.7 Å². The molecule has 3 aromatic carbocycles. The molecule has 0 unspecified atom stereocenters. The number of rotatable bonds is 5. The maximum Gasteiger partial charge on any atom is 0.232 e. The Bertz CT molecular complexity index is 1120. The number of methoxy groups -OCH3 is 1. The van der Waals surface area contributed by atoms with Crippen LogP contribution >= 0.6 is 0 Å². The van der Waals surface area contributed by atoms with Crippen molar-refractivity contribution >= 4 is 11.9 Å². The molecule has 0 saturated heterocycles. The lowest BCUT2D eigenvalue weighted by molar-refractivity contribution is 0.101. The number of aryl methyl sites for hydroxylation is 1. The molecule has 0 fully saturated rings. The Hall–Kier alpha value is -3.60. The Kier molecular flexibility index (Phi) is 5.04. The minimum absolute atomic E-state index is 0.0861. The van der Waals surface area contributed by atoms with Crippen molar-refractivity contribution < 1.29 is 23.4 Å². The number of carbonyl (C=O) groups is 1. The van der Waals surface area contributed by atoms with Crippen molar-refractivity contribution in [3.63, 3.8) is 0 Å². The maximum atomic E-state index is 13.8. The molecule has 0 radical (unpaired) electrons. The van der Waals surface area contributed by atoms with Crippen LogP contribution in [0.3, 0.4) is 0 Å². The van der Waals surface area contributed by atoms with Crippen LogP contribution in [0.4, 0.5) is 4.39 Å². The van der Waals surface area contributed by atoms with E-state index in [2.05, 4.69) is 0 Å². The van der Waals surface area contributed by atoms with E-state index >= 15 is 0 Å². The largest absolute Gasteiger partial charge is 0.496 e. The first-order valence-electron chi connectivity index (χ1n) is 9.15. The molecule has 0 aliphatic carbocycles. The molecule has 3 aromatic rings. The third-order valence-corrected chi connectivity index (χ3v) is 4.72. The molecule has 0 amide bonds. The number of fused-ring (bicyclic) bond motifs is 1. The summed E-state index contributed by atoms with van der Waals surface area (Å²) in [6.45, 7) is 1.91. The highest BCUT2D eigenvalue weighted by molar-refractivity contribution is 6.15. The van der Waals surface area contributed by atoms with E-state index in [1.165, 1.54) is 6.07 Å². The Morgan fingerprint density at radius 1 is 1.07 bits per heavy atom. The third-order valence-electron chi connectivity index (χ3n) is 4.72. The van der Waals surface area contributed by atoms with Crippen LogP contribution in [0.5, 0.6) is 17.2 Å². The first-order chi connectivity index (χ1) is 14.1. The number of hydrogen-bond acceptors (Lipinski definition) is 4. The normalized spacial score (nSPS) is 13.9. The molecule has 29 heavy (non-hydrogen) atoms. The lowest BCUT2D eigenvalue weighted by atomic mass is 10.0. The lowest BCUT2D eigenvalue weighted by Crippen LogP contribution is -2.01. The molecule has 146 valence electrons. The Balaban J connectivity index is 1.60. The predicted octanol–water partition coefficient (Wildman–Crippen LogP) is 5.34. The number of halogens is 1. The molecule has 5 heteroatoms. The van der Waals surface area contributed by atoms with Gasteiger partial charge in [0.25, 0.3) is 0 Å². The Labute approximate surface area is 168 Å². The Morgan fingerprint density at radius 2 is 1.83 bits per heavy atom. The van der Waals surface area contributed by atoms with E-state index in [0.717, 1.165) is 11.1 Å². The molecule has 1 aliphatic rings. The molecule has 4 nitrogen and oxygen atoms in total. The molecule has 4 rings (SSSR count). The SMILES string of the molecule is COc1ccccc1/C=C1\Oc2cc(OCc3ccccc3F)cc(C)c2C1=O. The van der Waals surface area contributed by atoms with Crippen molar-refractivity contribution in [3.8, 4) is 17.2 Å². The van der Waals surface area contributed by atoms with Gasteiger partial charge in [0.1, 0.15) is 29.7 Å². The smallest absolute Gasteiger partial charge is 0.232 e. The van der Waals surface area contributed by atoms with Crippen LogP contribution in [0.15, 0.2) is 66.4 Å². The number of allylic oxidation sites excluding steroid dienone is 1. The van der Waals surface area contributed by atoms with Crippen LogP contribution in [-0.4, -0.2) is 12.9 Å². The second-order valence-electron chi connectivity index (χ2n) is 6.68. The van der Waals surface area contributed by atoms with Gasteiger partial charge in [0.15, 0.2) is 5.76 Å². The van der Waals surface area contributed by atoms with E-state index in [1.54, 1.807) is 43.5 Å². The summed E-state index contributed by atoms with van der Waals surface area (Å²) in [5, 5.41) is 0. The van der Waals surface area contributed by atoms with E-state index < -0.39 is 0 Å². The number of benzene rings is 3. The Morgan fingerprint density at radius 3 is 2.62 bits per heavy atom. The van der Waals surface area contributed by atoms with E-state index in [9.17, 15) is 9.18 Å². The van der Waals surface area contributed by atoms with Gasteiger partial charge in [-0.1, -0.05) is 36.4 Å². The van der Waals surface area contributed by atoms with E-state index in [0.29, 0.717) is 28.4 Å². The van der Waals surface area contributed by atoms with Crippen LogP contribution < -0.4 is 14.2 Å². The fourth-order valence-corrected chi connectivity index (χ4v) is 3.26. The van der Waals surface area contributed by atoms with Crippen LogP contribution in [0.25, 0.3) is 6.08 Å². The summed E-state index contributed by atoms with van der Waals surface area (Å²) in [7, 11) is 1.58. The zero-order chi connectivity index (χ0) is 20.4. The predicted molar refractivity (Wildman–Crippen MR) is 108 cm³/mol. The zero-order valence-electron chi connectivity index (χ0n) is 16.1. The van der Waals surface area contributed by atoms with Crippen molar-refractivity contribution in [2.24, 2.45) is 0 Å². The van der Waals surface area contributed by atoms with Crippen LogP contribution in [0, 0.1) is 12.7 Å². The van der Waals surface area contributed by atoms with Crippen LogP contribution in [0.2, 0.25) is 0 Å². The summed E-state index contributed by atoms with van der Waals surface area (Å²) in [4.78, 5) is 12.8. The summed E-state index contributed by atoms with van der Waals surface area (Å²) in [6, 6.07) is 17.3. The fraction of sp³-hybridized carbons (Fsp3) is 0.125. The summed E-state index contributed by atoms with van der Waals surface area (Å²) < 4.78 is 30.7. The summed E-state index contributed by atoms with van der Waals surface area (Å²) in [6.07, 6.45) is 1.67. The molecule has 0 bridgehead atoms. The molecular formula is C24H19FO4. The molecule has 0 N–H and O–H groups in total. The van der Waals surface area contributed by atoms with Crippen molar-refractivity contribution in [3.05, 3.63) is 94.5 Å². The first kappa shape index (κ1) is 18.7. The third kappa shape index (κ3) is 3.72. The number of ketones is 1. The summed E-state index contributed by atoms with van der Waals surface area (Å²) >= 11 is 0. The molecule has 0 saturated carbocycles. The van der Waals surface area contributed by atoms with Gasteiger partial charge in [0, 0.05) is 17.2 Å². The van der Waals surface area contributed by atoms with E-state index in [1.807, 2.05) is 31.2 Å². The average molecular weight is 390 g/mol. The average Bonchev–Trinajstić information content (AvgIpc) is 3.03. The van der Waals surface area contributed by atoms with Gasteiger partial charge in [-0.2, -0.15) is 0 Å². The highest BCUT2D eigenvalue weighted by atomic mass is 19.1. The van der Waals surface area contributed by atoms with Crippen LogP contribution in [-0.2, 0) is 6.61 Å². The topological polar surface area (TPSA) is 44.8 Å². The van der Waals surface area contributed by atoms with Gasteiger partial charge in [-0.3, -0.25) is 4.79 Å². The molecule has 0 atom stereocenters. The van der Waals surface area contributed by atoms with Gasteiger partial charge in [-0.25, -0.2) is 4.39 Å². The number of hydrogen-bond donors (Lipinski definition) is 0. The standard InChI is InChI=1S/C24H19FO4/c1-15-11-18(28-14-17-8-3-5-9-19(17)25)13-21-23(15)24(26)22(29-21)12-16-7-4-6-10-20(16)27-2/h3-13H,14H2,1-2H3/b22-12-. The molecule has 0 spiro atoms. The van der Waals surface area contributed by atoms with Crippen molar-refractivity contribution in [1.82, 2.24) is 0 Å². The number of Topliss-reactive ketones (excluding diaryl/α,β-unsaturated/α-hetero) is 1. The van der Waals surface area contributed by atoms with Gasteiger partial charge in [0.2, 0.25) is 5.78 Å². The van der Waals surface area contributed by atoms with Crippen LogP contribution in [0.1, 0.15) is 27.0 Å². The van der Waals surface area contributed by atoms with Gasteiger partial charge >= 0.3 is 0 Å². The second kappa shape index (κ2) is 7.80. The van der Waals surface area contributed by atoms with Crippen molar-refractivity contribution in [1.29, 1.82) is 0 Å². The molecule has 0 aromatic heterocycles. The highest BCUT2D eigenvalue weighted by Gasteiger charge is 2.30. The minimum atomic E-state index is -0.321. The quantitative estimate of drug-likeness (QED) is 0.552. The second-order valence-corrected chi connectivity index (χ2v) is 6.68. The van der Waals surface area contributed by atoms with E-state index in [4.69, 9.17) is 14.2 Å². The minimum Gasteiger partial charge on any atom is -0.496 e. The zero-order valence-corrected chi connectivity index (χ0v) is 16.1.